The average Bonchev–Trinajstić information content (AvgIpc) is 2.96. The molecule has 0 bridgehead atoms. The van der Waals surface area contributed by atoms with Crippen molar-refractivity contribution in [2.45, 2.75) is 25.8 Å². The lowest BCUT2D eigenvalue weighted by atomic mass is 10.2. The van der Waals surface area contributed by atoms with Crippen LogP contribution in [0.15, 0.2) is 11.7 Å². The van der Waals surface area contributed by atoms with Crippen LogP contribution < -0.4 is 4.90 Å². The van der Waals surface area contributed by atoms with Crippen molar-refractivity contribution in [3.8, 4) is 0 Å². The van der Waals surface area contributed by atoms with Gasteiger partial charge in [0.05, 0.1) is 10.2 Å². The number of carboxylic acids is 1. The topological polar surface area (TPSA) is 66.3 Å². The van der Waals surface area contributed by atoms with Gasteiger partial charge in [-0.05, 0) is 30.7 Å². The Balaban J connectivity index is 2.11. The number of carboxylic acid groups (broad SMARTS) is 1. The van der Waals surface area contributed by atoms with E-state index in [0.29, 0.717) is 6.42 Å². The van der Waals surface area contributed by atoms with Crippen molar-refractivity contribution in [2.75, 3.05) is 11.4 Å². The highest BCUT2D eigenvalue weighted by Gasteiger charge is 2.32. The van der Waals surface area contributed by atoms with Gasteiger partial charge in [-0.3, -0.25) is 0 Å². The molecule has 0 amide bonds. The zero-order valence-corrected chi connectivity index (χ0v) is 10.8. The van der Waals surface area contributed by atoms with Crippen LogP contribution in [0.1, 0.15) is 18.4 Å². The van der Waals surface area contributed by atoms with Gasteiger partial charge in [0, 0.05) is 6.54 Å². The van der Waals surface area contributed by atoms with E-state index in [0.717, 1.165) is 34.6 Å². The first kappa shape index (κ1) is 11.4. The highest BCUT2D eigenvalue weighted by Crippen LogP contribution is 2.34. The summed E-state index contributed by atoms with van der Waals surface area (Å²) in [5, 5.41) is 11.3. The molecule has 94 valence electrons. The van der Waals surface area contributed by atoms with E-state index in [4.69, 9.17) is 0 Å². The molecule has 18 heavy (non-hydrogen) atoms. The molecule has 5 nitrogen and oxygen atoms in total. The smallest absolute Gasteiger partial charge is 0.326 e. The highest BCUT2D eigenvalue weighted by atomic mass is 32.1. The Bertz CT molecular complexity index is 610. The molecule has 0 radical (unpaired) electrons. The minimum Gasteiger partial charge on any atom is -0.480 e. The molecule has 0 aliphatic carbocycles. The third-order valence-electron chi connectivity index (χ3n) is 3.32. The minimum atomic E-state index is -0.771. The molecule has 1 atom stereocenters. The fourth-order valence-electron chi connectivity index (χ4n) is 2.44. The predicted octanol–water partition coefficient (Wildman–Crippen LogP) is 2.05. The molecular formula is C12H13N3O2S. The lowest BCUT2D eigenvalue weighted by molar-refractivity contribution is -0.138. The first-order valence-corrected chi connectivity index (χ1v) is 6.74. The van der Waals surface area contributed by atoms with Gasteiger partial charge in [0.15, 0.2) is 5.82 Å². The molecule has 0 aromatic carbocycles. The van der Waals surface area contributed by atoms with E-state index in [1.807, 2.05) is 17.2 Å². The summed E-state index contributed by atoms with van der Waals surface area (Å²) >= 11 is 1.58. The summed E-state index contributed by atoms with van der Waals surface area (Å²) in [7, 11) is 0. The molecule has 3 heterocycles. The van der Waals surface area contributed by atoms with Crippen molar-refractivity contribution in [2.24, 2.45) is 0 Å². The Morgan fingerprint density at radius 1 is 1.56 bits per heavy atom. The molecule has 6 heteroatoms. The first-order valence-electron chi connectivity index (χ1n) is 5.86. The molecule has 1 aliphatic rings. The quantitative estimate of drug-likeness (QED) is 0.898. The van der Waals surface area contributed by atoms with Gasteiger partial charge >= 0.3 is 5.97 Å². The third-order valence-corrected chi connectivity index (χ3v) is 4.41. The maximum absolute atomic E-state index is 11.2. The van der Waals surface area contributed by atoms with Crippen LogP contribution in [0.2, 0.25) is 0 Å². The molecular weight excluding hydrogens is 250 g/mol. The van der Waals surface area contributed by atoms with E-state index in [2.05, 4.69) is 9.97 Å². The molecule has 0 saturated carbocycles. The van der Waals surface area contributed by atoms with Gasteiger partial charge in [-0.1, -0.05) is 0 Å². The van der Waals surface area contributed by atoms with Gasteiger partial charge in [-0.15, -0.1) is 11.3 Å². The highest BCUT2D eigenvalue weighted by molar-refractivity contribution is 7.18. The summed E-state index contributed by atoms with van der Waals surface area (Å²) < 4.78 is 0.989. The maximum atomic E-state index is 11.2. The predicted molar refractivity (Wildman–Crippen MR) is 70.2 cm³/mol. The summed E-state index contributed by atoms with van der Waals surface area (Å²) in [5.74, 6) is -0.00413. The standard InChI is InChI=1S/C12H13N3O2S/c1-7-5-18-10-9(7)13-6-14-11(10)15-4-2-3-8(15)12(16)17/h5-6,8H,2-4H2,1H3,(H,16,17)/t8-/m0/s1. The second-order valence-corrected chi connectivity index (χ2v) is 5.36. The summed E-state index contributed by atoms with van der Waals surface area (Å²) in [6.45, 7) is 2.76. The van der Waals surface area contributed by atoms with Crippen molar-refractivity contribution in [1.29, 1.82) is 0 Å². The molecule has 2 aromatic heterocycles. The number of aryl methyl sites for hydroxylation is 1. The van der Waals surface area contributed by atoms with E-state index in [1.54, 1.807) is 11.3 Å². The average molecular weight is 263 g/mol. The third kappa shape index (κ3) is 1.64. The van der Waals surface area contributed by atoms with Crippen LogP contribution in [0.4, 0.5) is 5.82 Å². The molecule has 1 N–H and O–H groups in total. The summed E-state index contributed by atoms with van der Waals surface area (Å²) in [4.78, 5) is 21.7. The van der Waals surface area contributed by atoms with Crippen LogP contribution in [0, 0.1) is 6.92 Å². The second-order valence-electron chi connectivity index (χ2n) is 4.48. The molecule has 3 rings (SSSR count). The molecule has 1 fully saturated rings. The lowest BCUT2D eigenvalue weighted by Gasteiger charge is -2.22. The van der Waals surface area contributed by atoms with Gasteiger partial charge in [0.25, 0.3) is 0 Å². The van der Waals surface area contributed by atoms with E-state index < -0.39 is 12.0 Å². The summed E-state index contributed by atoms with van der Waals surface area (Å²) in [6.07, 6.45) is 3.10. The van der Waals surface area contributed by atoms with Crippen molar-refractivity contribution >= 4 is 33.3 Å². The number of rotatable bonds is 2. The number of thiophene rings is 1. The Hall–Kier alpha value is -1.69. The normalized spacial score (nSPS) is 19.6. The monoisotopic (exact) mass is 263 g/mol. The Morgan fingerprint density at radius 3 is 3.17 bits per heavy atom. The van der Waals surface area contributed by atoms with E-state index >= 15 is 0 Å². The molecule has 1 saturated heterocycles. The van der Waals surface area contributed by atoms with Crippen LogP contribution in [0.5, 0.6) is 0 Å². The van der Waals surface area contributed by atoms with E-state index in [-0.39, 0.29) is 0 Å². The number of carbonyl (C=O) groups is 1. The van der Waals surface area contributed by atoms with E-state index in [9.17, 15) is 9.90 Å². The number of hydrogen-bond acceptors (Lipinski definition) is 5. The van der Waals surface area contributed by atoms with Crippen molar-refractivity contribution in [1.82, 2.24) is 9.97 Å². The fraction of sp³-hybridized carbons (Fsp3) is 0.417. The Morgan fingerprint density at radius 2 is 2.39 bits per heavy atom. The molecule has 0 spiro atoms. The molecule has 2 aromatic rings. The number of nitrogens with zero attached hydrogens (tertiary/aromatic N) is 3. The minimum absolute atomic E-state index is 0.453. The number of aliphatic carboxylic acids is 1. The van der Waals surface area contributed by atoms with Crippen LogP contribution in [-0.4, -0.2) is 33.6 Å². The van der Waals surface area contributed by atoms with Crippen molar-refractivity contribution in [3.63, 3.8) is 0 Å². The summed E-state index contributed by atoms with van der Waals surface area (Å²) in [6, 6.07) is -0.453. The molecule has 1 aliphatic heterocycles. The van der Waals surface area contributed by atoms with Gasteiger partial charge in [-0.2, -0.15) is 0 Å². The van der Waals surface area contributed by atoms with Gasteiger partial charge in [0.2, 0.25) is 0 Å². The zero-order valence-electron chi connectivity index (χ0n) is 9.96. The van der Waals surface area contributed by atoms with E-state index in [1.165, 1.54) is 6.33 Å². The van der Waals surface area contributed by atoms with Crippen LogP contribution in [0.25, 0.3) is 10.2 Å². The second kappa shape index (κ2) is 4.20. The Kier molecular flexibility index (Phi) is 2.66. The SMILES string of the molecule is Cc1csc2c(N3CCC[C@H]3C(=O)O)ncnc12. The van der Waals surface area contributed by atoms with Gasteiger partial charge in [0.1, 0.15) is 12.4 Å². The van der Waals surface area contributed by atoms with Crippen molar-refractivity contribution < 1.29 is 9.90 Å². The van der Waals surface area contributed by atoms with Gasteiger partial charge in [-0.25, -0.2) is 14.8 Å². The summed E-state index contributed by atoms with van der Waals surface area (Å²) in [5.41, 5.74) is 2.05. The van der Waals surface area contributed by atoms with Crippen LogP contribution in [0.3, 0.4) is 0 Å². The fourth-order valence-corrected chi connectivity index (χ4v) is 3.45. The number of aromatic nitrogens is 2. The number of fused-ring (bicyclic) bond motifs is 1. The Labute approximate surface area is 108 Å². The lowest BCUT2D eigenvalue weighted by Crippen LogP contribution is -2.36. The maximum Gasteiger partial charge on any atom is 0.326 e. The number of hydrogen-bond donors (Lipinski definition) is 1. The van der Waals surface area contributed by atoms with Crippen molar-refractivity contribution in [3.05, 3.63) is 17.3 Å². The largest absolute Gasteiger partial charge is 0.480 e. The van der Waals surface area contributed by atoms with Gasteiger partial charge < -0.3 is 10.0 Å². The van der Waals surface area contributed by atoms with Crippen LogP contribution >= 0.6 is 11.3 Å². The van der Waals surface area contributed by atoms with Crippen LogP contribution in [-0.2, 0) is 4.79 Å². The first-order chi connectivity index (χ1) is 8.68. The number of anilines is 1. The zero-order chi connectivity index (χ0) is 12.7. The molecule has 0 unspecified atom stereocenters.